The molecule has 0 aliphatic rings. The van der Waals surface area contributed by atoms with Crippen LogP contribution in [0, 0.1) is 0 Å². The predicted molar refractivity (Wildman–Crippen MR) is 83.4 cm³/mol. The molecule has 0 saturated carbocycles. The molecule has 1 aromatic carbocycles. The van der Waals surface area contributed by atoms with Crippen LogP contribution in [0.25, 0.3) is 10.2 Å². The van der Waals surface area contributed by atoms with Crippen LogP contribution in [0.1, 0.15) is 5.56 Å². The van der Waals surface area contributed by atoms with Crippen LogP contribution in [-0.4, -0.2) is 9.97 Å². The third-order valence-electron chi connectivity index (χ3n) is 2.93. The van der Waals surface area contributed by atoms with Crippen molar-refractivity contribution in [3.63, 3.8) is 0 Å². The fourth-order valence-electron chi connectivity index (χ4n) is 1.87. The highest BCUT2D eigenvalue weighted by Crippen LogP contribution is 2.35. The molecule has 3 rings (SSSR count). The van der Waals surface area contributed by atoms with Gasteiger partial charge in [0.2, 0.25) is 0 Å². The van der Waals surface area contributed by atoms with E-state index in [-0.39, 0.29) is 15.8 Å². The van der Waals surface area contributed by atoms with Crippen LogP contribution in [0.2, 0.25) is 5.02 Å². The van der Waals surface area contributed by atoms with Crippen LogP contribution in [-0.2, 0) is 6.18 Å². The first kappa shape index (κ1) is 15.7. The lowest BCUT2D eigenvalue weighted by Gasteiger charge is -2.11. The summed E-state index contributed by atoms with van der Waals surface area (Å²) in [5, 5.41) is 3.20. The molecule has 4 nitrogen and oxygen atoms in total. The van der Waals surface area contributed by atoms with Crippen molar-refractivity contribution in [3.05, 3.63) is 57.5 Å². The lowest BCUT2D eigenvalue weighted by Crippen LogP contribution is -2.09. The van der Waals surface area contributed by atoms with E-state index in [0.717, 1.165) is 29.5 Å². The second-order valence-corrected chi connectivity index (χ2v) is 5.88. The molecule has 0 aliphatic heterocycles. The molecule has 0 aliphatic carbocycles. The predicted octanol–water partition coefficient (Wildman–Crippen LogP) is 4.47. The minimum absolute atomic E-state index is 0.0138. The van der Waals surface area contributed by atoms with Crippen LogP contribution in [0.5, 0.6) is 0 Å². The Balaban J connectivity index is 2.04. The molecule has 0 bridgehead atoms. The van der Waals surface area contributed by atoms with Gasteiger partial charge in [0, 0.05) is 6.20 Å². The number of alkyl halides is 3. The lowest BCUT2D eigenvalue weighted by atomic mass is 10.2. The van der Waals surface area contributed by atoms with E-state index >= 15 is 0 Å². The number of fused-ring (bicyclic) bond motifs is 1. The largest absolute Gasteiger partial charge is 0.416 e. The Hall–Kier alpha value is -2.19. The maximum Gasteiger partial charge on any atom is 0.416 e. The first-order chi connectivity index (χ1) is 10.8. The number of anilines is 2. The monoisotopic (exact) mass is 357 g/mol. The molecule has 0 radical (unpaired) electrons. The Morgan fingerprint density at radius 2 is 2.00 bits per heavy atom. The molecule has 1 N–H and O–H groups in total. The fourth-order valence-corrected chi connectivity index (χ4v) is 2.88. The zero-order valence-corrected chi connectivity index (χ0v) is 12.8. The van der Waals surface area contributed by atoms with Gasteiger partial charge < -0.3 is 5.32 Å². The zero-order valence-electron chi connectivity index (χ0n) is 11.2. The molecule has 3 aromatic rings. The number of pyridine rings is 1. The van der Waals surface area contributed by atoms with Crippen molar-refractivity contribution in [1.82, 2.24) is 9.97 Å². The van der Waals surface area contributed by atoms with Gasteiger partial charge in [-0.3, -0.25) is 4.79 Å². The second kappa shape index (κ2) is 5.78. The molecule has 0 unspecified atom stereocenters. The molecule has 23 heavy (non-hydrogen) atoms. The SMILES string of the molecule is O=c1nc(Nc2cc(C(F)(F)F)ccc2Cl)sc2ncccc12. The molecule has 0 spiro atoms. The molecule has 0 fully saturated rings. The van der Waals surface area contributed by atoms with E-state index in [1.165, 1.54) is 6.20 Å². The summed E-state index contributed by atoms with van der Waals surface area (Å²) in [4.78, 5) is 20.2. The van der Waals surface area contributed by atoms with Crippen molar-refractivity contribution in [2.24, 2.45) is 0 Å². The Bertz CT molecular complexity index is 942. The summed E-state index contributed by atoms with van der Waals surface area (Å²) in [7, 11) is 0. The molecule has 118 valence electrons. The molecule has 9 heteroatoms. The van der Waals surface area contributed by atoms with Crippen molar-refractivity contribution < 1.29 is 13.2 Å². The first-order valence-electron chi connectivity index (χ1n) is 6.24. The summed E-state index contributed by atoms with van der Waals surface area (Å²) < 4.78 is 38.3. The topological polar surface area (TPSA) is 54.9 Å². The van der Waals surface area contributed by atoms with E-state index in [0.29, 0.717) is 10.2 Å². The van der Waals surface area contributed by atoms with Gasteiger partial charge in [0.25, 0.3) is 5.56 Å². The van der Waals surface area contributed by atoms with E-state index in [2.05, 4.69) is 15.3 Å². The molecule has 0 atom stereocenters. The van der Waals surface area contributed by atoms with Crippen molar-refractivity contribution in [2.75, 3.05) is 5.32 Å². The summed E-state index contributed by atoms with van der Waals surface area (Å²) in [5.41, 5.74) is -1.35. The van der Waals surface area contributed by atoms with E-state index in [9.17, 15) is 18.0 Å². The Morgan fingerprint density at radius 3 is 2.74 bits per heavy atom. The zero-order chi connectivity index (χ0) is 16.6. The van der Waals surface area contributed by atoms with Gasteiger partial charge in [-0.2, -0.15) is 18.2 Å². The van der Waals surface area contributed by atoms with Crippen molar-refractivity contribution >= 4 is 44.0 Å². The summed E-state index contributed by atoms with van der Waals surface area (Å²) in [5.74, 6) is 0. The van der Waals surface area contributed by atoms with E-state index in [1.54, 1.807) is 12.1 Å². The third-order valence-corrected chi connectivity index (χ3v) is 4.17. The van der Waals surface area contributed by atoms with Gasteiger partial charge in [-0.1, -0.05) is 22.9 Å². The van der Waals surface area contributed by atoms with E-state index in [1.807, 2.05) is 0 Å². The summed E-state index contributed by atoms with van der Waals surface area (Å²) in [6, 6.07) is 6.06. The Labute approximate surface area is 136 Å². The first-order valence-corrected chi connectivity index (χ1v) is 7.44. The standard InChI is InChI=1S/C14H7ClF3N3OS/c15-9-4-3-7(14(16,17)18)6-10(9)20-13-21-11(22)8-2-1-5-19-12(8)23-13/h1-6H,(H,20,21,22). The van der Waals surface area contributed by atoms with Gasteiger partial charge in [-0.25, -0.2) is 4.98 Å². The highest BCUT2D eigenvalue weighted by atomic mass is 35.5. The van der Waals surface area contributed by atoms with Crippen LogP contribution < -0.4 is 10.9 Å². The van der Waals surface area contributed by atoms with Crippen molar-refractivity contribution in [1.29, 1.82) is 0 Å². The van der Waals surface area contributed by atoms with Crippen LogP contribution in [0.3, 0.4) is 0 Å². The van der Waals surface area contributed by atoms with E-state index < -0.39 is 17.3 Å². The van der Waals surface area contributed by atoms with Gasteiger partial charge >= 0.3 is 6.18 Å². The minimum atomic E-state index is -4.49. The number of hydrogen-bond acceptors (Lipinski definition) is 5. The van der Waals surface area contributed by atoms with Crippen LogP contribution in [0.15, 0.2) is 41.3 Å². The highest BCUT2D eigenvalue weighted by Gasteiger charge is 2.31. The molecular weight excluding hydrogens is 351 g/mol. The molecule has 0 saturated heterocycles. The number of nitrogens with zero attached hydrogens (tertiary/aromatic N) is 2. The number of hydrogen-bond donors (Lipinski definition) is 1. The number of rotatable bonds is 2. The second-order valence-electron chi connectivity index (χ2n) is 4.50. The fraction of sp³-hybridized carbons (Fsp3) is 0.0714. The summed E-state index contributed by atoms with van der Waals surface area (Å²) in [6.45, 7) is 0. The van der Waals surface area contributed by atoms with Gasteiger partial charge in [0.15, 0.2) is 5.13 Å². The third kappa shape index (κ3) is 3.27. The number of benzene rings is 1. The average molecular weight is 358 g/mol. The van der Waals surface area contributed by atoms with Gasteiger partial charge in [-0.05, 0) is 30.3 Å². The molecule has 2 heterocycles. The van der Waals surface area contributed by atoms with Gasteiger partial charge in [0.05, 0.1) is 21.7 Å². The summed E-state index contributed by atoms with van der Waals surface area (Å²) >= 11 is 6.95. The number of nitrogens with one attached hydrogen (secondary N) is 1. The smallest absolute Gasteiger partial charge is 0.330 e. The van der Waals surface area contributed by atoms with Gasteiger partial charge in [0.1, 0.15) is 4.83 Å². The molecular formula is C14H7ClF3N3OS. The number of halogens is 4. The molecule has 2 aromatic heterocycles. The van der Waals surface area contributed by atoms with Gasteiger partial charge in [-0.15, -0.1) is 0 Å². The van der Waals surface area contributed by atoms with Crippen molar-refractivity contribution in [3.8, 4) is 0 Å². The minimum Gasteiger partial charge on any atom is -0.330 e. The average Bonchev–Trinajstić information content (AvgIpc) is 2.48. The quantitative estimate of drug-likeness (QED) is 0.735. The lowest BCUT2D eigenvalue weighted by molar-refractivity contribution is -0.137. The summed E-state index contributed by atoms with van der Waals surface area (Å²) in [6.07, 6.45) is -2.98. The van der Waals surface area contributed by atoms with Crippen LogP contribution >= 0.6 is 22.9 Å². The Morgan fingerprint density at radius 1 is 1.22 bits per heavy atom. The molecule has 0 amide bonds. The normalized spacial score (nSPS) is 11.7. The van der Waals surface area contributed by atoms with E-state index in [4.69, 9.17) is 11.6 Å². The highest BCUT2D eigenvalue weighted by molar-refractivity contribution is 7.21. The maximum absolute atomic E-state index is 12.8. The maximum atomic E-state index is 12.8. The van der Waals surface area contributed by atoms with Crippen molar-refractivity contribution in [2.45, 2.75) is 6.18 Å². The number of aromatic nitrogens is 2. The van der Waals surface area contributed by atoms with Crippen LogP contribution in [0.4, 0.5) is 24.0 Å². The Kier molecular flexibility index (Phi) is 3.95.